The number of carbonyl (C=O) groups excluding carboxylic acids is 3. The number of benzene rings is 1. The molecule has 0 bridgehead atoms. The summed E-state index contributed by atoms with van der Waals surface area (Å²) in [7, 11) is 0. The summed E-state index contributed by atoms with van der Waals surface area (Å²) in [5.41, 5.74) is -0.562. The quantitative estimate of drug-likeness (QED) is 0.543. The molecule has 7 heteroatoms. The molecule has 1 amide bonds. The average Bonchev–Trinajstić information content (AvgIpc) is 2.57. The van der Waals surface area contributed by atoms with Crippen LogP contribution in [-0.2, 0) is 30.4 Å². The number of esters is 2. The van der Waals surface area contributed by atoms with Gasteiger partial charge in [-0.15, -0.1) is 0 Å². The number of nitrogens with one attached hydrogen (secondary N) is 1. The van der Waals surface area contributed by atoms with Gasteiger partial charge in [-0.3, -0.25) is 4.79 Å². The highest BCUT2D eigenvalue weighted by Crippen LogP contribution is 2.17. The van der Waals surface area contributed by atoms with Crippen LogP contribution in [0.4, 0.5) is 4.79 Å². The van der Waals surface area contributed by atoms with Crippen molar-refractivity contribution in [2.45, 2.75) is 78.7 Å². The summed E-state index contributed by atoms with van der Waals surface area (Å²) in [6.45, 7) is 12.2. The Kier molecular flexibility index (Phi) is 8.67. The molecular formula is C22H33NO6. The second-order valence-electron chi connectivity index (χ2n) is 8.96. The highest BCUT2D eigenvalue weighted by molar-refractivity contribution is 5.82. The maximum absolute atomic E-state index is 12.6. The van der Waals surface area contributed by atoms with E-state index in [-0.39, 0.29) is 13.0 Å². The van der Waals surface area contributed by atoms with Crippen molar-refractivity contribution >= 4 is 18.0 Å². The highest BCUT2D eigenvalue weighted by Gasteiger charge is 2.32. The molecule has 162 valence electrons. The minimum atomic E-state index is -1.04. The van der Waals surface area contributed by atoms with Crippen LogP contribution < -0.4 is 5.32 Å². The van der Waals surface area contributed by atoms with Crippen LogP contribution >= 0.6 is 0 Å². The number of ether oxygens (including phenoxy) is 3. The Labute approximate surface area is 173 Å². The van der Waals surface area contributed by atoms with Gasteiger partial charge in [0.15, 0.2) is 0 Å². The van der Waals surface area contributed by atoms with Crippen LogP contribution in [0.5, 0.6) is 0 Å². The van der Waals surface area contributed by atoms with E-state index >= 15 is 0 Å². The van der Waals surface area contributed by atoms with Gasteiger partial charge in [0, 0.05) is 0 Å². The average molecular weight is 408 g/mol. The van der Waals surface area contributed by atoms with Crippen LogP contribution in [0.2, 0.25) is 0 Å². The monoisotopic (exact) mass is 407 g/mol. The van der Waals surface area contributed by atoms with E-state index in [1.807, 2.05) is 30.3 Å². The van der Waals surface area contributed by atoms with Gasteiger partial charge in [0.25, 0.3) is 0 Å². The van der Waals surface area contributed by atoms with Gasteiger partial charge in [-0.05, 0) is 53.5 Å². The van der Waals surface area contributed by atoms with E-state index in [9.17, 15) is 14.4 Å². The summed E-state index contributed by atoms with van der Waals surface area (Å²) in [6, 6.07) is 8.14. The first-order valence-electron chi connectivity index (χ1n) is 9.70. The molecule has 0 fully saturated rings. The molecule has 7 nitrogen and oxygen atoms in total. The lowest BCUT2D eigenvalue weighted by molar-refractivity contribution is -0.162. The third-order valence-electron chi connectivity index (χ3n) is 3.59. The summed E-state index contributed by atoms with van der Waals surface area (Å²) < 4.78 is 15.9. The molecule has 0 aliphatic rings. The first kappa shape index (κ1) is 24.5. The fraction of sp³-hybridized carbons (Fsp3) is 0.591. The largest absolute Gasteiger partial charge is 0.460 e. The van der Waals surface area contributed by atoms with Crippen molar-refractivity contribution in [2.24, 2.45) is 5.92 Å². The molecule has 1 aromatic carbocycles. The van der Waals surface area contributed by atoms with Crippen molar-refractivity contribution < 1.29 is 28.6 Å². The van der Waals surface area contributed by atoms with Crippen LogP contribution in [0.3, 0.4) is 0 Å². The molecule has 1 N–H and O–H groups in total. The van der Waals surface area contributed by atoms with Gasteiger partial charge in [0.1, 0.15) is 23.9 Å². The van der Waals surface area contributed by atoms with E-state index in [2.05, 4.69) is 5.32 Å². The molecule has 0 saturated carbocycles. The van der Waals surface area contributed by atoms with Crippen molar-refractivity contribution in [3.63, 3.8) is 0 Å². The molecule has 0 heterocycles. The van der Waals surface area contributed by atoms with Crippen LogP contribution in [0.25, 0.3) is 0 Å². The van der Waals surface area contributed by atoms with Crippen LogP contribution in [0, 0.1) is 5.92 Å². The molecule has 0 saturated heterocycles. The van der Waals surface area contributed by atoms with Gasteiger partial charge < -0.3 is 19.5 Å². The van der Waals surface area contributed by atoms with Crippen molar-refractivity contribution in [3.05, 3.63) is 35.9 Å². The Hall–Kier alpha value is -2.57. The van der Waals surface area contributed by atoms with Crippen LogP contribution in [0.1, 0.15) is 60.5 Å². The zero-order chi connectivity index (χ0) is 22.2. The Balaban J connectivity index is 2.78. The van der Waals surface area contributed by atoms with E-state index < -0.39 is 41.2 Å². The van der Waals surface area contributed by atoms with Crippen molar-refractivity contribution in [2.75, 3.05) is 0 Å². The molecule has 0 unspecified atom stereocenters. The molecule has 0 aliphatic carbocycles. The van der Waals surface area contributed by atoms with Crippen molar-refractivity contribution in [1.29, 1.82) is 0 Å². The van der Waals surface area contributed by atoms with Gasteiger partial charge >= 0.3 is 18.0 Å². The fourth-order valence-corrected chi connectivity index (χ4v) is 2.35. The maximum atomic E-state index is 12.6. The summed E-state index contributed by atoms with van der Waals surface area (Å²) in [5, 5.41) is 2.51. The van der Waals surface area contributed by atoms with Crippen LogP contribution in [0.15, 0.2) is 30.3 Å². The normalized spacial score (nSPS) is 13.8. The van der Waals surface area contributed by atoms with E-state index in [1.165, 1.54) is 0 Å². The second kappa shape index (κ2) is 10.3. The molecule has 2 atom stereocenters. The number of alkyl carbamates (subject to hydrolysis) is 1. The van der Waals surface area contributed by atoms with E-state index in [0.29, 0.717) is 0 Å². The minimum Gasteiger partial charge on any atom is -0.460 e. The third-order valence-corrected chi connectivity index (χ3v) is 3.59. The number of carbonyl (C=O) groups is 3. The topological polar surface area (TPSA) is 90.9 Å². The maximum Gasteiger partial charge on any atom is 0.408 e. The second-order valence-corrected chi connectivity index (χ2v) is 8.96. The predicted molar refractivity (Wildman–Crippen MR) is 109 cm³/mol. The summed E-state index contributed by atoms with van der Waals surface area (Å²) in [6.07, 6.45) is -0.731. The zero-order valence-electron chi connectivity index (χ0n) is 18.4. The van der Waals surface area contributed by atoms with Gasteiger partial charge in [-0.2, -0.15) is 0 Å². The van der Waals surface area contributed by atoms with E-state index in [0.717, 1.165) is 5.56 Å². The van der Waals surface area contributed by atoms with Gasteiger partial charge in [0.05, 0.1) is 5.92 Å². The molecule has 0 aromatic heterocycles. The minimum absolute atomic E-state index is 0.0320. The Morgan fingerprint density at radius 1 is 0.897 bits per heavy atom. The lowest BCUT2D eigenvalue weighted by Gasteiger charge is -2.27. The number of amides is 1. The zero-order valence-corrected chi connectivity index (χ0v) is 18.4. The van der Waals surface area contributed by atoms with Crippen LogP contribution in [-0.4, -0.2) is 35.3 Å². The Morgan fingerprint density at radius 3 is 1.93 bits per heavy atom. The summed E-state index contributed by atoms with van der Waals surface area (Å²) >= 11 is 0. The molecule has 0 aliphatic heterocycles. The lowest BCUT2D eigenvalue weighted by Crippen LogP contribution is -2.46. The first-order valence-corrected chi connectivity index (χ1v) is 9.70. The molecule has 1 rings (SSSR count). The van der Waals surface area contributed by atoms with E-state index in [4.69, 9.17) is 14.2 Å². The molecule has 29 heavy (non-hydrogen) atoms. The number of hydrogen-bond acceptors (Lipinski definition) is 6. The fourth-order valence-electron chi connectivity index (χ4n) is 2.35. The number of hydrogen-bond donors (Lipinski definition) is 1. The van der Waals surface area contributed by atoms with Gasteiger partial charge in [-0.1, -0.05) is 37.3 Å². The SMILES string of the molecule is C[C@@H](C[C@@H](NC(=O)OCc1ccccc1)C(=O)OC(C)(C)C)C(=O)OC(C)(C)C. The van der Waals surface area contributed by atoms with Gasteiger partial charge in [0.2, 0.25) is 0 Å². The standard InChI is InChI=1S/C22H33NO6/c1-15(18(24)28-21(2,3)4)13-17(19(25)29-22(5,6)7)23-20(26)27-14-16-11-9-8-10-12-16/h8-12,15,17H,13-14H2,1-7H3,(H,23,26)/t15-,17+/m0/s1. The molecule has 0 spiro atoms. The molecule has 0 radical (unpaired) electrons. The lowest BCUT2D eigenvalue weighted by atomic mass is 10.0. The highest BCUT2D eigenvalue weighted by atomic mass is 16.6. The Morgan fingerprint density at radius 2 is 1.41 bits per heavy atom. The summed E-state index contributed by atoms with van der Waals surface area (Å²) in [4.78, 5) is 37.1. The van der Waals surface area contributed by atoms with Gasteiger partial charge in [-0.25, -0.2) is 9.59 Å². The van der Waals surface area contributed by atoms with Crippen molar-refractivity contribution in [3.8, 4) is 0 Å². The predicted octanol–water partition coefficient (Wildman–Crippen LogP) is 3.99. The number of rotatable bonds is 7. The Bertz CT molecular complexity index is 687. The third kappa shape index (κ3) is 10.5. The van der Waals surface area contributed by atoms with E-state index in [1.54, 1.807) is 48.5 Å². The summed E-state index contributed by atoms with van der Waals surface area (Å²) in [5.74, 6) is -1.71. The van der Waals surface area contributed by atoms with Crippen molar-refractivity contribution in [1.82, 2.24) is 5.32 Å². The molecular weight excluding hydrogens is 374 g/mol. The smallest absolute Gasteiger partial charge is 0.408 e. The first-order chi connectivity index (χ1) is 13.3. The molecule has 1 aromatic rings.